The van der Waals surface area contributed by atoms with Crippen LogP contribution in [0.15, 0.2) is 103 Å². The Hall–Kier alpha value is -4.14. The minimum Gasteiger partial charge on any atom is -0.337 e. The van der Waals surface area contributed by atoms with Gasteiger partial charge in [0.2, 0.25) is 0 Å². The maximum Gasteiger partial charge on any atom is 0.417 e. The number of carbonyl (C=O) groups excluding carboxylic acids is 1. The number of rotatable bonds is 6. The first-order chi connectivity index (χ1) is 17.5. The number of amides is 1. The van der Waals surface area contributed by atoms with Gasteiger partial charge in [0.15, 0.2) is 0 Å². The number of nitrogens with zero attached hydrogens (tertiary/aromatic N) is 1. The second-order valence-corrected chi connectivity index (χ2v) is 8.36. The van der Waals surface area contributed by atoms with Crippen LogP contribution in [0.25, 0.3) is 0 Å². The molecule has 1 atom stereocenters. The summed E-state index contributed by atoms with van der Waals surface area (Å²) in [5, 5.41) is 2.65. The summed E-state index contributed by atoms with van der Waals surface area (Å²) in [4.78, 5) is 17.8. The molecule has 1 N–H and O–H groups in total. The lowest BCUT2D eigenvalue weighted by Crippen LogP contribution is -2.49. The molecule has 0 fully saturated rings. The minimum absolute atomic E-state index is 0.0164. The zero-order valence-electron chi connectivity index (χ0n) is 19.1. The van der Waals surface area contributed by atoms with E-state index >= 15 is 0 Å². The third kappa shape index (κ3) is 5.66. The standard InChI is InChI=1S/C28H20F6N2O/c29-27(30,31)21-12-8-11-20(17-21)26(24-15-6-7-16-35-24,18-19-9-2-1-3-10-19)36-25(37)22-13-4-5-14-23(22)28(32,33)34/h1-17H,18H2,(H,36,37). The zero-order valence-corrected chi connectivity index (χ0v) is 19.1. The van der Waals surface area contributed by atoms with E-state index in [4.69, 9.17) is 0 Å². The quantitative estimate of drug-likeness (QED) is 0.281. The molecule has 4 aromatic rings. The van der Waals surface area contributed by atoms with Crippen LogP contribution in [0.2, 0.25) is 0 Å². The number of nitrogens with one attached hydrogen (secondary N) is 1. The summed E-state index contributed by atoms with van der Waals surface area (Å²) in [6.45, 7) is 0. The molecule has 0 aliphatic carbocycles. The highest BCUT2D eigenvalue weighted by Crippen LogP contribution is 2.38. The topological polar surface area (TPSA) is 42.0 Å². The van der Waals surface area contributed by atoms with Crippen molar-refractivity contribution in [2.75, 3.05) is 0 Å². The predicted molar refractivity (Wildman–Crippen MR) is 126 cm³/mol. The van der Waals surface area contributed by atoms with Crippen molar-refractivity contribution in [3.05, 3.63) is 137 Å². The van der Waals surface area contributed by atoms with E-state index in [9.17, 15) is 31.1 Å². The average Bonchev–Trinajstić information content (AvgIpc) is 2.88. The first-order valence-electron chi connectivity index (χ1n) is 11.1. The fraction of sp³-hybridized carbons (Fsp3) is 0.143. The number of carbonyl (C=O) groups is 1. The van der Waals surface area contributed by atoms with Crippen molar-refractivity contribution in [2.24, 2.45) is 0 Å². The number of benzene rings is 3. The minimum atomic E-state index is -4.82. The monoisotopic (exact) mass is 514 g/mol. The summed E-state index contributed by atoms with van der Waals surface area (Å²) in [5.41, 5.74) is -3.72. The van der Waals surface area contributed by atoms with E-state index in [-0.39, 0.29) is 17.7 Å². The second-order valence-electron chi connectivity index (χ2n) is 8.36. The first-order valence-corrected chi connectivity index (χ1v) is 11.1. The van der Waals surface area contributed by atoms with Gasteiger partial charge in [0.1, 0.15) is 5.54 Å². The Bertz CT molecular complexity index is 1370. The van der Waals surface area contributed by atoms with E-state index in [1.165, 1.54) is 30.5 Å². The molecule has 0 spiro atoms. The molecule has 190 valence electrons. The van der Waals surface area contributed by atoms with E-state index < -0.39 is 40.5 Å². The Balaban J connectivity index is 1.95. The van der Waals surface area contributed by atoms with Crippen LogP contribution < -0.4 is 5.32 Å². The van der Waals surface area contributed by atoms with Crippen molar-refractivity contribution in [2.45, 2.75) is 24.3 Å². The van der Waals surface area contributed by atoms with Crippen LogP contribution in [-0.4, -0.2) is 10.9 Å². The third-order valence-electron chi connectivity index (χ3n) is 5.90. The van der Waals surface area contributed by atoms with E-state index in [0.717, 1.165) is 30.3 Å². The molecule has 0 saturated heterocycles. The van der Waals surface area contributed by atoms with Gasteiger partial charge < -0.3 is 5.32 Å². The summed E-state index contributed by atoms with van der Waals surface area (Å²) >= 11 is 0. The number of aromatic nitrogens is 1. The zero-order chi connectivity index (χ0) is 26.7. The molecular formula is C28H20F6N2O. The van der Waals surface area contributed by atoms with Crippen molar-refractivity contribution in [1.82, 2.24) is 10.3 Å². The predicted octanol–water partition coefficient (Wildman–Crippen LogP) is 7.04. The van der Waals surface area contributed by atoms with Gasteiger partial charge in [-0.3, -0.25) is 9.78 Å². The van der Waals surface area contributed by atoms with Crippen molar-refractivity contribution in [3.63, 3.8) is 0 Å². The van der Waals surface area contributed by atoms with Gasteiger partial charge >= 0.3 is 12.4 Å². The smallest absolute Gasteiger partial charge is 0.337 e. The maximum atomic E-state index is 13.7. The lowest BCUT2D eigenvalue weighted by atomic mass is 9.79. The van der Waals surface area contributed by atoms with Crippen LogP contribution in [0, 0.1) is 0 Å². The Morgan fingerprint density at radius 1 is 0.703 bits per heavy atom. The summed E-state index contributed by atoms with van der Waals surface area (Å²) in [7, 11) is 0. The van der Waals surface area contributed by atoms with Crippen LogP contribution in [0.4, 0.5) is 26.3 Å². The molecule has 0 aliphatic rings. The normalized spacial score (nSPS) is 13.6. The molecule has 9 heteroatoms. The molecule has 0 saturated carbocycles. The SMILES string of the molecule is O=C(NC(Cc1ccccc1)(c1cccc(C(F)(F)F)c1)c1ccccn1)c1ccccc1C(F)(F)F. The van der Waals surface area contributed by atoms with E-state index in [1.54, 1.807) is 42.5 Å². The molecule has 3 aromatic carbocycles. The van der Waals surface area contributed by atoms with Gasteiger partial charge in [0.25, 0.3) is 5.91 Å². The van der Waals surface area contributed by atoms with Gasteiger partial charge in [0, 0.05) is 12.6 Å². The lowest BCUT2D eigenvalue weighted by molar-refractivity contribution is -0.138. The number of alkyl halides is 6. The summed E-state index contributed by atoms with van der Waals surface area (Å²) in [5.74, 6) is -1.10. The Morgan fingerprint density at radius 2 is 1.35 bits per heavy atom. The molecule has 37 heavy (non-hydrogen) atoms. The summed E-state index contributed by atoms with van der Waals surface area (Å²) in [6.07, 6.45) is -8.19. The Kier molecular flexibility index (Phi) is 7.07. The summed E-state index contributed by atoms with van der Waals surface area (Å²) < 4.78 is 82.1. The van der Waals surface area contributed by atoms with E-state index in [2.05, 4.69) is 10.3 Å². The molecule has 1 unspecified atom stereocenters. The molecular weight excluding hydrogens is 494 g/mol. The Morgan fingerprint density at radius 3 is 2.00 bits per heavy atom. The van der Waals surface area contributed by atoms with Crippen LogP contribution in [0.3, 0.4) is 0 Å². The number of hydrogen-bond acceptors (Lipinski definition) is 2. The highest BCUT2D eigenvalue weighted by Gasteiger charge is 2.42. The molecule has 0 radical (unpaired) electrons. The fourth-order valence-corrected chi connectivity index (χ4v) is 4.19. The second kappa shape index (κ2) is 10.1. The van der Waals surface area contributed by atoms with Gasteiger partial charge in [0.05, 0.1) is 22.4 Å². The first kappa shape index (κ1) is 25.9. The molecule has 0 aliphatic heterocycles. The fourth-order valence-electron chi connectivity index (χ4n) is 4.19. The summed E-state index contributed by atoms with van der Waals surface area (Å²) in [6, 6.07) is 21.9. The van der Waals surface area contributed by atoms with Gasteiger partial charge in [-0.15, -0.1) is 0 Å². The lowest BCUT2D eigenvalue weighted by Gasteiger charge is -2.36. The largest absolute Gasteiger partial charge is 0.417 e. The van der Waals surface area contributed by atoms with Gasteiger partial charge in [-0.05, 0) is 47.5 Å². The van der Waals surface area contributed by atoms with Crippen molar-refractivity contribution >= 4 is 5.91 Å². The highest BCUT2D eigenvalue weighted by atomic mass is 19.4. The van der Waals surface area contributed by atoms with Gasteiger partial charge in [-0.1, -0.05) is 60.7 Å². The van der Waals surface area contributed by atoms with Crippen molar-refractivity contribution in [1.29, 1.82) is 0 Å². The highest BCUT2D eigenvalue weighted by molar-refractivity contribution is 5.96. The van der Waals surface area contributed by atoms with E-state index in [1.807, 2.05) is 0 Å². The Labute approximate surface area is 208 Å². The molecule has 4 rings (SSSR count). The average molecular weight is 514 g/mol. The van der Waals surface area contributed by atoms with Crippen molar-refractivity contribution in [3.8, 4) is 0 Å². The molecule has 1 aromatic heterocycles. The van der Waals surface area contributed by atoms with Crippen molar-refractivity contribution < 1.29 is 31.1 Å². The molecule has 0 bridgehead atoms. The van der Waals surface area contributed by atoms with Crippen LogP contribution in [0.5, 0.6) is 0 Å². The third-order valence-corrected chi connectivity index (χ3v) is 5.90. The van der Waals surface area contributed by atoms with Crippen LogP contribution >= 0.6 is 0 Å². The van der Waals surface area contributed by atoms with Gasteiger partial charge in [-0.25, -0.2) is 0 Å². The number of hydrogen-bond donors (Lipinski definition) is 1. The maximum absolute atomic E-state index is 13.7. The number of halogens is 6. The van der Waals surface area contributed by atoms with Crippen LogP contribution in [0.1, 0.15) is 38.3 Å². The van der Waals surface area contributed by atoms with Gasteiger partial charge in [-0.2, -0.15) is 26.3 Å². The van der Waals surface area contributed by atoms with Crippen LogP contribution in [-0.2, 0) is 24.3 Å². The van der Waals surface area contributed by atoms with E-state index in [0.29, 0.717) is 5.56 Å². The molecule has 1 heterocycles. The number of pyridine rings is 1. The molecule has 3 nitrogen and oxygen atoms in total. The molecule has 1 amide bonds.